The summed E-state index contributed by atoms with van der Waals surface area (Å²) in [6.07, 6.45) is 0.801. The van der Waals surface area contributed by atoms with Crippen molar-refractivity contribution in [2.24, 2.45) is 0 Å². The molecule has 96 valence electrons. The van der Waals surface area contributed by atoms with Gasteiger partial charge in [0.25, 0.3) is 0 Å². The second-order valence-electron chi connectivity index (χ2n) is 3.89. The van der Waals surface area contributed by atoms with Crippen molar-refractivity contribution in [3.63, 3.8) is 0 Å². The Balaban J connectivity index is 1.87. The molecule has 0 radical (unpaired) electrons. The Morgan fingerprint density at radius 1 is 1.44 bits per heavy atom. The molecule has 5 heteroatoms. The molecule has 1 heterocycles. The second kappa shape index (κ2) is 9.24. The molecule has 0 bridgehead atoms. The van der Waals surface area contributed by atoms with E-state index in [1.165, 1.54) is 12.2 Å². The molecule has 2 N–H and O–H groups in total. The van der Waals surface area contributed by atoms with Gasteiger partial charge in [-0.2, -0.15) is 11.8 Å². The van der Waals surface area contributed by atoms with Crippen LogP contribution in [0.5, 0.6) is 0 Å². The number of hydrogen-bond acceptors (Lipinski definition) is 5. The summed E-state index contributed by atoms with van der Waals surface area (Å²) in [6, 6.07) is 0.572. The van der Waals surface area contributed by atoms with Gasteiger partial charge in [0, 0.05) is 24.9 Å². The Hall–Kier alpha value is 0.190. The van der Waals surface area contributed by atoms with Crippen LogP contribution in [0, 0.1) is 0 Å². The average Bonchev–Trinajstić information content (AvgIpc) is 2.79. The van der Waals surface area contributed by atoms with Crippen molar-refractivity contribution in [2.75, 3.05) is 44.5 Å². The third-order valence-corrected chi connectivity index (χ3v) is 3.62. The van der Waals surface area contributed by atoms with Crippen LogP contribution in [0.2, 0.25) is 0 Å². The van der Waals surface area contributed by atoms with Gasteiger partial charge in [0.1, 0.15) is 0 Å². The molecular formula is C11H23NO3S. The molecule has 16 heavy (non-hydrogen) atoms. The molecule has 0 aliphatic carbocycles. The average molecular weight is 249 g/mol. The maximum Gasteiger partial charge on any atom is 0.0897 e. The fourth-order valence-corrected chi connectivity index (χ4v) is 2.73. The Labute approximate surface area is 102 Å². The van der Waals surface area contributed by atoms with Gasteiger partial charge in [-0.05, 0) is 19.1 Å². The highest BCUT2D eigenvalue weighted by atomic mass is 32.2. The molecule has 0 aromatic rings. The number of ether oxygens (including phenoxy) is 2. The lowest BCUT2D eigenvalue weighted by molar-refractivity contribution is 0.00594. The molecule has 2 atom stereocenters. The van der Waals surface area contributed by atoms with Crippen molar-refractivity contribution in [2.45, 2.75) is 25.5 Å². The van der Waals surface area contributed by atoms with Crippen molar-refractivity contribution in [1.82, 2.24) is 5.32 Å². The van der Waals surface area contributed by atoms with Gasteiger partial charge in [-0.15, -0.1) is 0 Å². The maximum absolute atomic E-state index is 9.63. The lowest BCUT2D eigenvalue weighted by atomic mass is 10.2. The fourth-order valence-electron chi connectivity index (χ4n) is 1.54. The van der Waals surface area contributed by atoms with Crippen molar-refractivity contribution in [1.29, 1.82) is 0 Å². The highest BCUT2D eigenvalue weighted by Gasteiger charge is 2.15. The minimum absolute atomic E-state index is 0.389. The largest absolute Gasteiger partial charge is 0.389 e. The van der Waals surface area contributed by atoms with E-state index < -0.39 is 6.10 Å². The number of nitrogens with one attached hydrogen (secondary N) is 1. The summed E-state index contributed by atoms with van der Waals surface area (Å²) in [5, 5.41) is 13.0. The van der Waals surface area contributed by atoms with E-state index in [4.69, 9.17) is 9.47 Å². The summed E-state index contributed by atoms with van der Waals surface area (Å²) in [5.41, 5.74) is 0. The smallest absolute Gasteiger partial charge is 0.0897 e. The molecule has 2 unspecified atom stereocenters. The lowest BCUT2D eigenvalue weighted by Gasteiger charge is -2.15. The third kappa shape index (κ3) is 6.70. The normalized spacial score (nSPS) is 22.5. The van der Waals surface area contributed by atoms with Crippen molar-refractivity contribution in [3.05, 3.63) is 0 Å². The summed E-state index contributed by atoms with van der Waals surface area (Å²) >= 11 is 1.97. The van der Waals surface area contributed by atoms with Gasteiger partial charge in [0.15, 0.2) is 0 Å². The molecule has 1 aliphatic rings. The lowest BCUT2D eigenvalue weighted by Crippen LogP contribution is -2.37. The van der Waals surface area contributed by atoms with Gasteiger partial charge in [0.2, 0.25) is 0 Å². The van der Waals surface area contributed by atoms with Crippen molar-refractivity contribution >= 4 is 11.8 Å². The Kier molecular flexibility index (Phi) is 8.23. The van der Waals surface area contributed by atoms with E-state index in [1.807, 2.05) is 18.7 Å². The van der Waals surface area contributed by atoms with Crippen LogP contribution in [0.4, 0.5) is 0 Å². The van der Waals surface area contributed by atoms with Crippen LogP contribution < -0.4 is 5.32 Å². The van der Waals surface area contributed by atoms with Gasteiger partial charge in [-0.3, -0.25) is 0 Å². The van der Waals surface area contributed by atoms with E-state index in [2.05, 4.69) is 5.32 Å². The van der Waals surface area contributed by atoms with E-state index in [0.29, 0.717) is 39.0 Å². The summed E-state index contributed by atoms with van der Waals surface area (Å²) in [5.74, 6) is 2.40. The number of aliphatic hydroxyl groups is 1. The van der Waals surface area contributed by atoms with E-state index in [0.717, 1.165) is 5.75 Å². The van der Waals surface area contributed by atoms with Crippen LogP contribution in [0.15, 0.2) is 0 Å². The topological polar surface area (TPSA) is 50.7 Å². The molecule has 4 nitrogen and oxygen atoms in total. The van der Waals surface area contributed by atoms with Gasteiger partial charge < -0.3 is 19.9 Å². The molecule has 1 fully saturated rings. The van der Waals surface area contributed by atoms with Gasteiger partial charge in [0.05, 0.1) is 25.9 Å². The zero-order chi connectivity index (χ0) is 11.6. The zero-order valence-corrected chi connectivity index (χ0v) is 10.8. The van der Waals surface area contributed by atoms with Crippen LogP contribution >= 0.6 is 11.8 Å². The van der Waals surface area contributed by atoms with E-state index in [-0.39, 0.29) is 0 Å². The number of aliphatic hydroxyl groups excluding tert-OH is 1. The zero-order valence-electron chi connectivity index (χ0n) is 9.98. The third-order valence-electron chi connectivity index (χ3n) is 2.46. The summed E-state index contributed by atoms with van der Waals surface area (Å²) in [6.45, 7) is 4.85. The van der Waals surface area contributed by atoms with E-state index >= 15 is 0 Å². The number of rotatable bonds is 9. The first-order valence-electron chi connectivity index (χ1n) is 5.97. The fraction of sp³-hybridized carbons (Fsp3) is 1.00. The first-order valence-corrected chi connectivity index (χ1v) is 7.13. The van der Waals surface area contributed by atoms with E-state index in [1.54, 1.807) is 0 Å². The summed E-state index contributed by atoms with van der Waals surface area (Å²) in [4.78, 5) is 0. The highest BCUT2D eigenvalue weighted by Crippen LogP contribution is 2.16. The molecule has 0 aromatic heterocycles. The maximum atomic E-state index is 9.63. The molecule has 0 amide bonds. The van der Waals surface area contributed by atoms with Crippen LogP contribution in [-0.4, -0.2) is 61.7 Å². The van der Waals surface area contributed by atoms with Crippen LogP contribution in [0.25, 0.3) is 0 Å². The first kappa shape index (κ1) is 14.3. The number of hydrogen-bond donors (Lipinski definition) is 2. The monoisotopic (exact) mass is 249 g/mol. The molecule has 0 aromatic carbocycles. The molecule has 0 saturated carbocycles. The molecule has 1 saturated heterocycles. The highest BCUT2D eigenvalue weighted by molar-refractivity contribution is 7.99. The Morgan fingerprint density at radius 3 is 2.94 bits per heavy atom. The number of thioether (sulfide) groups is 1. The molecule has 1 aliphatic heterocycles. The van der Waals surface area contributed by atoms with Crippen LogP contribution in [0.1, 0.15) is 13.3 Å². The second-order valence-corrected chi connectivity index (χ2v) is 5.04. The minimum Gasteiger partial charge on any atom is -0.389 e. The van der Waals surface area contributed by atoms with Crippen molar-refractivity contribution < 1.29 is 14.6 Å². The van der Waals surface area contributed by atoms with Gasteiger partial charge in [-0.1, -0.05) is 0 Å². The standard InChI is InChI=1S/C11H23NO3S/c1-2-14-4-5-15-8-11(13)7-12-10-3-6-16-9-10/h10-13H,2-9H2,1H3. The molecule has 0 spiro atoms. The quantitative estimate of drug-likeness (QED) is 0.583. The van der Waals surface area contributed by atoms with E-state index in [9.17, 15) is 5.11 Å². The predicted molar refractivity (Wildman–Crippen MR) is 67.1 cm³/mol. The van der Waals surface area contributed by atoms with Crippen molar-refractivity contribution in [3.8, 4) is 0 Å². The summed E-state index contributed by atoms with van der Waals surface area (Å²) in [7, 11) is 0. The SMILES string of the molecule is CCOCCOCC(O)CNC1CCSC1. The van der Waals surface area contributed by atoms with Gasteiger partial charge in [-0.25, -0.2) is 0 Å². The van der Waals surface area contributed by atoms with Crippen LogP contribution in [-0.2, 0) is 9.47 Å². The van der Waals surface area contributed by atoms with Gasteiger partial charge >= 0.3 is 0 Å². The molecule has 1 rings (SSSR count). The Bertz CT molecular complexity index is 165. The Morgan fingerprint density at radius 2 is 2.25 bits per heavy atom. The predicted octanol–water partition coefficient (Wildman–Crippen LogP) is 0.496. The first-order chi connectivity index (χ1) is 7.83. The minimum atomic E-state index is -0.410. The molecular weight excluding hydrogens is 226 g/mol. The summed E-state index contributed by atoms with van der Waals surface area (Å²) < 4.78 is 10.4. The van der Waals surface area contributed by atoms with Crippen LogP contribution in [0.3, 0.4) is 0 Å².